The number of nitrogens with two attached hydrogens (primary N) is 2. The molecule has 0 bridgehead atoms. The predicted octanol–water partition coefficient (Wildman–Crippen LogP) is -2.96. The number of aliphatic hydroxyl groups is 3. The van der Waals surface area contributed by atoms with Gasteiger partial charge in [-0.1, -0.05) is 0 Å². The fourth-order valence-electron chi connectivity index (χ4n) is 2.43. The molecule has 0 aromatic carbocycles. The van der Waals surface area contributed by atoms with Crippen LogP contribution in [0.3, 0.4) is 0 Å². The number of fused-ring (bicyclic) bond motifs is 1. The standard InChI is InChI=1S/C10H13ClN6O5/c11-8-14-3-6(15-9(12)16-7(3)21)17(8)10(13)5(20)4(19)2(1-18)22-10/h2,4-5,18-20H,1,13H2,(H3,12,15,16,21)/t2-,4-,5-,10+/m1/s1. The van der Waals surface area contributed by atoms with Crippen LogP contribution in [-0.2, 0) is 10.6 Å². The van der Waals surface area contributed by atoms with Crippen molar-refractivity contribution < 1.29 is 20.1 Å². The summed E-state index contributed by atoms with van der Waals surface area (Å²) in [6.07, 6.45) is -4.27. The third kappa shape index (κ3) is 1.91. The van der Waals surface area contributed by atoms with Crippen LogP contribution >= 0.6 is 11.6 Å². The van der Waals surface area contributed by atoms with Gasteiger partial charge in [0, 0.05) is 0 Å². The predicted molar refractivity (Wildman–Crippen MR) is 73.7 cm³/mol. The van der Waals surface area contributed by atoms with Gasteiger partial charge in [0.25, 0.3) is 5.56 Å². The summed E-state index contributed by atoms with van der Waals surface area (Å²) in [5, 5.41) is 28.9. The lowest BCUT2D eigenvalue weighted by Gasteiger charge is -2.29. The van der Waals surface area contributed by atoms with E-state index in [1.807, 2.05) is 0 Å². The Hall–Kier alpha value is -1.76. The molecule has 0 spiro atoms. The molecule has 2 aromatic heterocycles. The van der Waals surface area contributed by atoms with E-state index in [4.69, 9.17) is 32.9 Å². The van der Waals surface area contributed by atoms with Crippen LogP contribution in [0, 0.1) is 0 Å². The van der Waals surface area contributed by atoms with E-state index < -0.39 is 36.3 Å². The van der Waals surface area contributed by atoms with Crippen molar-refractivity contribution in [2.75, 3.05) is 12.3 Å². The van der Waals surface area contributed by atoms with Crippen LogP contribution in [0.25, 0.3) is 11.2 Å². The molecular weight excluding hydrogens is 320 g/mol. The van der Waals surface area contributed by atoms with Crippen molar-refractivity contribution in [2.45, 2.75) is 24.2 Å². The van der Waals surface area contributed by atoms with Gasteiger partial charge in [-0.05, 0) is 11.6 Å². The Balaban J connectivity index is 2.26. The lowest BCUT2D eigenvalue weighted by Crippen LogP contribution is -2.53. The molecule has 1 fully saturated rings. The SMILES string of the molecule is Nc1nc2c(nc(Cl)n2[C@]2(N)O[C@H](CO)[C@@H](O)[C@H]2O)c(=O)[nH]1. The maximum absolute atomic E-state index is 11.8. The van der Waals surface area contributed by atoms with Crippen molar-refractivity contribution in [1.29, 1.82) is 0 Å². The molecule has 22 heavy (non-hydrogen) atoms. The number of halogens is 1. The highest BCUT2D eigenvalue weighted by atomic mass is 35.5. The summed E-state index contributed by atoms with van der Waals surface area (Å²) in [6, 6.07) is 0. The second-order valence-corrected chi connectivity index (χ2v) is 5.20. The van der Waals surface area contributed by atoms with E-state index in [9.17, 15) is 15.0 Å². The van der Waals surface area contributed by atoms with E-state index in [0.717, 1.165) is 4.57 Å². The van der Waals surface area contributed by atoms with E-state index >= 15 is 0 Å². The van der Waals surface area contributed by atoms with E-state index in [2.05, 4.69) is 15.0 Å². The van der Waals surface area contributed by atoms with Crippen molar-refractivity contribution in [3.05, 3.63) is 15.6 Å². The number of nitrogens with zero attached hydrogens (tertiary/aromatic N) is 3. The summed E-state index contributed by atoms with van der Waals surface area (Å²) in [7, 11) is 0. The number of imidazole rings is 1. The molecule has 0 unspecified atom stereocenters. The number of H-pyrrole nitrogens is 1. The van der Waals surface area contributed by atoms with Crippen LogP contribution < -0.4 is 17.0 Å². The van der Waals surface area contributed by atoms with Gasteiger partial charge in [-0.2, -0.15) is 4.98 Å². The van der Waals surface area contributed by atoms with Crippen LogP contribution in [0.5, 0.6) is 0 Å². The first-order chi connectivity index (χ1) is 10.3. The van der Waals surface area contributed by atoms with Gasteiger partial charge >= 0.3 is 0 Å². The Kier molecular flexibility index (Phi) is 3.36. The molecule has 11 nitrogen and oxygen atoms in total. The van der Waals surface area contributed by atoms with Crippen molar-refractivity contribution in [1.82, 2.24) is 19.5 Å². The van der Waals surface area contributed by atoms with Crippen molar-refractivity contribution in [3.63, 3.8) is 0 Å². The zero-order chi connectivity index (χ0) is 16.2. The first-order valence-corrected chi connectivity index (χ1v) is 6.55. The normalized spacial score (nSPS) is 32.0. The number of rotatable bonds is 2. The van der Waals surface area contributed by atoms with E-state index in [-0.39, 0.29) is 22.4 Å². The summed E-state index contributed by atoms with van der Waals surface area (Å²) in [4.78, 5) is 21.7. The minimum absolute atomic E-state index is 0.126. The summed E-state index contributed by atoms with van der Waals surface area (Å²) in [6.45, 7) is -0.586. The average molecular weight is 333 g/mol. The number of aliphatic hydroxyl groups excluding tert-OH is 3. The largest absolute Gasteiger partial charge is 0.394 e. The summed E-state index contributed by atoms with van der Waals surface area (Å²) >= 11 is 5.97. The Morgan fingerprint density at radius 3 is 2.73 bits per heavy atom. The molecule has 1 aliphatic rings. The van der Waals surface area contributed by atoms with Gasteiger partial charge in [-0.15, -0.1) is 0 Å². The van der Waals surface area contributed by atoms with Gasteiger partial charge in [-0.25, -0.2) is 4.98 Å². The van der Waals surface area contributed by atoms with Gasteiger partial charge < -0.3 is 25.8 Å². The fraction of sp³-hybridized carbons (Fsp3) is 0.500. The number of nitrogen functional groups attached to an aromatic ring is 1. The van der Waals surface area contributed by atoms with Gasteiger partial charge in [0.05, 0.1) is 6.61 Å². The topological polar surface area (TPSA) is 186 Å². The number of hydrogen-bond acceptors (Lipinski definition) is 9. The monoisotopic (exact) mass is 332 g/mol. The van der Waals surface area contributed by atoms with Crippen LogP contribution in [0.1, 0.15) is 0 Å². The fourth-order valence-corrected chi connectivity index (χ4v) is 2.72. The summed E-state index contributed by atoms with van der Waals surface area (Å²) < 4.78 is 6.25. The number of nitrogens with one attached hydrogen (secondary N) is 1. The Morgan fingerprint density at radius 2 is 2.14 bits per heavy atom. The lowest BCUT2D eigenvalue weighted by molar-refractivity contribution is -0.141. The van der Waals surface area contributed by atoms with Crippen LogP contribution in [0.15, 0.2) is 4.79 Å². The summed E-state index contributed by atoms with van der Waals surface area (Å²) in [5.41, 5.74) is 10.5. The highest BCUT2D eigenvalue weighted by Gasteiger charge is 2.54. The molecule has 1 saturated heterocycles. The highest BCUT2D eigenvalue weighted by molar-refractivity contribution is 6.29. The zero-order valence-electron chi connectivity index (χ0n) is 11.0. The molecule has 3 rings (SSSR count). The van der Waals surface area contributed by atoms with Crippen molar-refractivity contribution in [3.8, 4) is 0 Å². The van der Waals surface area contributed by atoms with Crippen LogP contribution in [0.2, 0.25) is 5.28 Å². The zero-order valence-corrected chi connectivity index (χ0v) is 11.7. The Bertz CT molecular complexity index is 792. The molecule has 4 atom stereocenters. The molecule has 120 valence electrons. The maximum atomic E-state index is 11.8. The lowest BCUT2D eigenvalue weighted by atomic mass is 10.1. The second kappa shape index (κ2) is 4.87. The van der Waals surface area contributed by atoms with Gasteiger partial charge in [-0.3, -0.25) is 20.1 Å². The first kappa shape index (κ1) is 15.1. The molecule has 0 amide bonds. The van der Waals surface area contributed by atoms with Crippen molar-refractivity contribution in [2.24, 2.45) is 5.73 Å². The third-order valence-corrected chi connectivity index (χ3v) is 3.75. The van der Waals surface area contributed by atoms with Gasteiger partial charge in [0.1, 0.15) is 18.3 Å². The number of anilines is 1. The Labute approximate surface area is 127 Å². The Morgan fingerprint density at radius 1 is 1.45 bits per heavy atom. The highest BCUT2D eigenvalue weighted by Crippen LogP contribution is 2.35. The first-order valence-electron chi connectivity index (χ1n) is 6.17. The molecule has 0 saturated carbocycles. The third-order valence-electron chi connectivity index (χ3n) is 3.49. The molecule has 12 heteroatoms. The smallest absolute Gasteiger partial charge is 0.280 e. The molecule has 0 radical (unpaired) electrons. The molecule has 1 aliphatic heterocycles. The number of ether oxygens (including phenoxy) is 1. The number of aromatic nitrogens is 4. The van der Waals surface area contributed by atoms with E-state index in [1.165, 1.54) is 0 Å². The van der Waals surface area contributed by atoms with E-state index in [1.54, 1.807) is 0 Å². The van der Waals surface area contributed by atoms with Crippen LogP contribution in [0.4, 0.5) is 5.95 Å². The van der Waals surface area contributed by atoms with Gasteiger partial charge in [0.15, 0.2) is 11.2 Å². The number of aromatic amines is 1. The molecule has 8 N–H and O–H groups in total. The summed E-state index contributed by atoms with van der Waals surface area (Å²) in [5.74, 6) is -2.29. The van der Waals surface area contributed by atoms with Crippen LogP contribution in [-0.4, -0.2) is 59.8 Å². The minimum atomic E-state index is -2.08. The van der Waals surface area contributed by atoms with E-state index in [0.29, 0.717) is 0 Å². The molecular formula is C10H13ClN6O5. The average Bonchev–Trinajstić information content (AvgIpc) is 2.89. The second-order valence-electron chi connectivity index (χ2n) is 4.87. The quantitative estimate of drug-likeness (QED) is 0.312. The molecule has 0 aliphatic carbocycles. The maximum Gasteiger partial charge on any atom is 0.280 e. The van der Waals surface area contributed by atoms with Gasteiger partial charge in [0.2, 0.25) is 17.1 Å². The molecule has 2 aromatic rings. The number of hydrogen-bond donors (Lipinski definition) is 6. The minimum Gasteiger partial charge on any atom is -0.394 e. The van der Waals surface area contributed by atoms with Crippen molar-refractivity contribution >= 4 is 28.7 Å². The molecule has 3 heterocycles.